The maximum Gasteiger partial charge on any atom is 0.410 e. The summed E-state index contributed by atoms with van der Waals surface area (Å²) in [6.45, 7) is 7.74. The van der Waals surface area contributed by atoms with E-state index in [-0.39, 0.29) is 31.1 Å². The second-order valence-electron chi connectivity index (χ2n) is 5.09. The van der Waals surface area contributed by atoms with Crippen molar-refractivity contribution in [1.29, 1.82) is 0 Å². The SMILES string of the molecule is CC(C)(C)OC(=O)N1CCN[C@H](CCO)C1.Cl. The first-order valence-electron chi connectivity index (χ1n) is 5.74. The Balaban J connectivity index is 0.00000256. The van der Waals surface area contributed by atoms with Crippen molar-refractivity contribution in [1.82, 2.24) is 10.2 Å². The molecule has 0 saturated carbocycles. The summed E-state index contributed by atoms with van der Waals surface area (Å²) in [4.78, 5) is 13.5. The van der Waals surface area contributed by atoms with Crippen LogP contribution < -0.4 is 5.32 Å². The molecule has 0 aromatic carbocycles. The van der Waals surface area contributed by atoms with Gasteiger partial charge in [0.15, 0.2) is 0 Å². The van der Waals surface area contributed by atoms with Gasteiger partial charge in [-0.25, -0.2) is 4.79 Å². The molecule has 2 N–H and O–H groups in total. The van der Waals surface area contributed by atoms with Crippen LogP contribution in [0.2, 0.25) is 0 Å². The monoisotopic (exact) mass is 266 g/mol. The van der Waals surface area contributed by atoms with E-state index in [1.54, 1.807) is 4.90 Å². The highest BCUT2D eigenvalue weighted by atomic mass is 35.5. The van der Waals surface area contributed by atoms with Gasteiger partial charge in [0.25, 0.3) is 0 Å². The highest BCUT2D eigenvalue weighted by Crippen LogP contribution is 2.11. The van der Waals surface area contributed by atoms with Crippen LogP contribution in [0.5, 0.6) is 0 Å². The van der Waals surface area contributed by atoms with Crippen molar-refractivity contribution in [3.8, 4) is 0 Å². The van der Waals surface area contributed by atoms with E-state index < -0.39 is 5.60 Å². The highest BCUT2D eigenvalue weighted by Gasteiger charge is 2.26. The molecule has 0 unspecified atom stereocenters. The molecule has 1 atom stereocenters. The molecule has 5 nitrogen and oxygen atoms in total. The first-order chi connectivity index (χ1) is 7.42. The first-order valence-corrected chi connectivity index (χ1v) is 5.74. The van der Waals surface area contributed by atoms with Crippen LogP contribution in [0, 0.1) is 0 Å². The van der Waals surface area contributed by atoms with E-state index in [2.05, 4.69) is 5.32 Å². The highest BCUT2D eigenvalue weighted by molar-refractivity contribution is 5.85. The molecule has 1 rings (SSSR count). The number of aliphatic hydroxyl groups is 1. The number of carbonyl (C=O) groups is 1. The Bertz CT molecular complexity index is 241. The Labute approximate surface area is 109 Å². The van der Waals surface area contributed by atoms with Crippen molar-refractivity contribution in [2.75, 3.05) is 26.2 Å². The molecule has 0 spiro atoms. The smallest absolute Gasteiger partial charge is 0.410 e. The van der Waals surface area contributed by atoms with Crippen LogP contribution in [0.25, 0.3) is 0 Å². The molecule has 1 aliphatic heterocycles. The van der Waals surface area contributed by atoms with Gasteiger partial charge in [-0.3, -0.25) is 0 Å². The number of carbonyl (C=O) groups excluding carboxylic acids is 1. The van der Waals surface area contributed by atoms with Gasteiger partial charge in [-0.2, -0.15) is 0 Å². The molecule has 102 valence electrons. The largest absolute Gasteiger partial charge is 0.444 e. The van der Waals surface area contributed by atoms with Crippen LogP contribution in [0.1, 0.15) is 27.2 Å². The lowest BCUT2D eigenvalue weighted by Crippen LogP contribution is -2.53. The molecule has 1 heterocycles. The molecule has 0 aliphatic carbocycles. The van der Waals surface area contributed by atoms with Gasteiger partial charge in [0, 0.05) is 32.3 Å². The predicted octanol–water partition coefficient (Wildman–Crippen LogP) is 1.000. The van der Waals surface area contributed by atoms with Crippen molar-refractivity contribution in [2.45, 2.75) is 38.8 Å². The summed E-state index contributed by atoms with van der Waals surface area (Å²) in [6.07, 6.45) is 0.399. The number of rotatable bonds is 2. The maximum absolute atomic E-state index is 11.8. The minimum Gasteiger partial charge on any atom is -0.444 e. The fourth-order valence-electron chi connectivity index (χ4n) is 1.67. The van der Waals surface area contributed by atoms with Crippen molar-refractivity contribution >= 4 is 18.5 Å². The molecule has 0 radical (unpaired) electrons. The number of piperazine rings is 1. The number of hydrogen-bond acceptors (Lipinski definition) is 4. The molecular weight excluding hydrogens is 244 g/mol. The van der Waals surface area contributed by atoms with Crippen molar-refractivity contribution < 1.29 is 14.6 Å². The van der Waals surface area contributed by atoms with E-state index in [0.717, 1.165) is 6.54 Å². The van der Waals surface area contributed by atoms with Crippen LogP contribution in [0.15, 0.2) is 0 Å². The van der Waals surface area contributed by atoms with Crippen LogP contribution in [-0.2, 0) is 4.74 Å². The van der Waals surface area contributed by atoms with Gasteiger partial charge < -0.3 is 20.1 Å². The van der Waals surface area contributed by atoms with Gasteiger partial charge in [0.1, 0.15) is 5.60 Å². The maximum atomic E-state index is 11.8. The minimum atomic E-state index is -0.450. The molecule has 0 bridgehead atoms. The Morgan fingerprint density at radius 1 is 1.53 bits per heavy atom. The van der Waals surface area contributed by atoms with Crippen molar-refractivity contribution in [2.24, 2.45) is 0 Å². The number of amides is 1. The Hall–Kier alpha value is -0.520. The average molecular weight is 267 g/mol. The second kappa shape index (κ2) is 7.03. The molecular formula is C11H23ClN2O3. The van der Waals surface area contributed by atoms with Crippen molar-refractivity contribution in [3.63, 3.8) is 0 Å². The van der Waals surface area contributed by atoms with Gasteiger partial charge in [-0.1, -0.05) is 0 Å². The zero-order valence-electron chi connectivity index (χ0n) is 10.7. The van der Waals surface area contributed by atoms with E-state index in [1.807, 2.05) is 20.8 Å². The average Bonchev–Trinajstić information content (AvgIpc) is 2.16. The standard InChI is InChI=1S/C11H22N2O3.ClH/c1-11(2,3)16-10(15)13-6-5-12-9(8-13)4-7-14;/h9,12,14H,4-8H2,1-3H3;1H/t9-;/m1./s1. The molecule has 6 heteroatoms. The van der Waals surface area contributed by atoms with Crippen molar-refractivity contribution in [3.05, 3.63) is 0 Å². The molecule has 17 heavy (non-hydrogen) atoms. The zero-order chi connectivity index (χ0) is 12.2. The Morgan fingerprint density at radius 2 is 2.18 bits per heavy atom. The third-order valence-electron chi connectivity index (χ3n) is 2.38. The third-order valence-corrected chi connectivity index (χ3v) is 2.38. The quantitative estimate of drug-likeness (QED) is 0.783. The fourth-order valence-corrected chi connectivity index (χ4v) is 1.67. The van der Waals surface area contributed by atoms with Gasteiger partial charge >= 0.3 is 6.09 Å². The lowest BCUT2D eigenvalue weighted by Gasteiger charge is -2.34. The number of ether oxygens (including phenoxy) is 1. The number of aliphatic hydroxyl groups excluding tert-OH is 1. The Morgan fingerprint density at radius 3 is 2.71 bits per heavy atom. The fraction of sp³-hybridized carbons (Fsp3) is 0.909. The van der Waals surface area contributed by atoms with Crippen LogP contribution >= 0.6 is 12.4 Å². The number of halogens is 1. The molecule has 1 aliphatic rings. The normalized spacial score (nSPS) is 20.7. The molecule has 1 fully saturated rings. The van der Waals surface area contributed by atoms with Gasteiger partial charge in [-0.05, 0) is 27.2 Å². The van der Waals surface area contributed by atoms with Crippen LogP contribution in [0.4, 0.5) is 4.79 Å². The third kappa shape index (κ3) is 6.10. The summed E-state index contributed by atoms with van der Waals surface area (Å²) in [5.74, 6) is 0. The van der Waals surface area contributed by atoms with E-state index in [9.17, 15) is 4.79 Å². The van der Waals surface area contributed by atoms with E-state index >= 15 is 0 Å². The molecule has 1 amide bonds. The summed E-state index contributed by atoms with van der Waals surface area (Å²) in [5.41, 5.74) is -0.450. The molecule has 1 saturated heterocycles. The topological polar surface area (TPSA) is 61.8 Å². The number of nitrogens with one attached hydrogen (secondary N) is 1. The van der Waals surface area contributed by atoms with E-state index in [4.69, 9.17) is 9.84 Å². The van der Waals surface area contributed by atoms with E-state index in [1.165, 1.54) is 0 Å². The summed E-state index contributed by atoms with van der Waals surface area (Å²) >= 11 is 0. The summed E-state index contributed by atoms with van der Waals surface area (Å²) in [5, 5.41) is 12.1. The summed E-state index contributed by atoms with van der Waals surface area (Å²) in [6, 6.07) is 0.172. The lowest BCUT2D eigenvalue weighted by molar-refractivity contribution is 0.0186. The number of hydrogen-bond donors (Lipinski definition) is 2. The first kappa shape index (κ1) is 16.5. The second-order valence-corrected chi connectivity index (χ2v) is 5.09. The predicted molar refractivity (Wildman–Crippen MR) is 68.5 cm³/mol. The van der Waals surface area contributed by atoms with Crippen LogP contribution in [-0.4, -0.2) is 54.0 Å². The van der Waals surface area contributed by atoms with Crippen LogP contribution in [0.3, 0.4) is 0 Å². The number of nitrogens with zero attached hydrogens (tertiary/aromatic N) is 1. The summed E-state index contributed by atoms with van der Waals surface area (Å²) < 4.78 is 5.30. The molecule has 0 aromatic rings. The lowest BCUT2D eigenvalue weighted by atomic mass is 10.1. The Kier molecular flexibility index (Phi) is 6.82. The zero-order valence-corrected chi connectivity index (χ0v) is 11.5. The van der Waals surface area contributed by atoms with Gasteiger partial charge in [-0.15, -0.1) is 12.4 Å². The minimum absolute atomic E-state index is 0. The van der Waals surface area contributed by atoms with Gasteiger partial charge in [0.2, 0.25) is 0 Å². The van der Waals surface area contributed by atoms with E-state index in [0.29, 0.717) is 19.5 Å². The molecule has 0 aromatic heterocycles. The van der Waals surface area contributed by atoms with Gasteiger partial charge in [0.05, 0.1) is 0 Å². The summed E-state index contributed by atoms with van der Waals surface area (Å²) in [7, 11) is 0.